The van der Waals surface area contributed by atoms with Gasteiger partial charge in [-0.2, -0.15) is 0 Å². The van der Waals surface area contributed by atoms with Crippen LogP contribution in [0.1, 0.15) is 16.7 Å². The maximum atomic E-state index is 12.5. The van der Waals surface area contributed by atoms with Gasteiger partial charge in [-0.05, 0) is 72.6 Å². The Bertz CT molecular complexity index is 967. The van der Waals surface area contributed by atoms with Gasteiger partial charge in [0.05, 0.1) is 12.0 Å². The lowest BCUT2D eigenvalue weighted by Gasteiger charge is -2.13. The first-order valence-electron chi connectivity index (χ1n) is 8.64. The first-order chi connectivity index (χ1) is 13.4. The summed E-state index contributed by atoms with van der Waals surface area (Å²) in [5.41, 5.74) is 3.57. The molecule has 0 unspecified atom stereocenters. The average Bonchev–Trinajstić information content (AvgIpc) is 2.93. The molecule has 2 aromatic carbocycles. The molecule has 0 spiro atoms. The molecule has 1 N–H and O–H groups in total. The Morgan fingerprint density at radius 3 is 2.46 bits per heavy atom. The van der Waals surface area contributed by atoms with E-state index in [0.29, 0.717) is 11.4 Å². The summed E-state index contributed by atoms with van der Waals surface area (Å²) in [6.07, 6.45) is 1.63. The zero-order chi connectivity index (χ0) is 20.3. The fourth-order valence-corrected chi connectivity index (χ4v) is 3.49. The van der Waals surface area contributed by atoms with Crippen molar-refractivity contribution in [2.75, 3.05) is 19.0 Å². The predicted molar refractivity (Wildman–Crippen MR) is 110 cm³/mol. The van der Waals surface area contributed by atoms with Crippen molar-refractivity contribution >= 4 is 40.6 Å². The number of ether oxygens (including phenoxy) is 1. The lowest BCUT2D eigenvalue weighted by Crippen LogP contribution is -2.36. The lowest BCUT2D eigenvalue weighted by molar-refractivity contribution is -0.127. The Hall–Kier alpha value is -3.06. The Kier molecular flexibility index (Phi) is 5.84. The van der Waals surface area contributed by atoms with Gasteiger partial charge < -0.3 is 10.1 Å². The SMILES string of the molecule is COc1ccc(/C=C2\SC(=O)N(CC(=O)Nc3ccc(C)c(C)c3)C2=O)cc1. The minimum absolute atomic E-state index is 0.286. The highest BCUT2D eigenvalue weighted by molar-refractivity contribution is 8.18. The fourth-order valence-electron chi connectivity index (χ4n) is 2.65. The highest BCUT2D eigenvalue weighted by atomic mass is 32.2. The van der Waals surface area contributed by atoms with Gasteiger partial charge in [0.1, 0.15) is 12.3 Å². The molecule has 0 atom stereocenters. The summed E-state index contributed by atoms with van der Waals surface area (Å²) in [5.74, 6) is -0.189. The van der Waals surface area contributed by atoms with E-state index in [1.54, 1.807) is 43.5 Å². The van der Waals surface area contributed by atoms with Gasteiger partial charge in [-0.3, -0.25) is 19.3 Å². The van der Waals surface area contributed by atoms with E-state index in [-0.39, 0.29) is 11.4 Å². The van der Waals surface area contributed by atoms with E-state index >= 15 is 0 Å². The molecule has 2 aromatic rings. The van der Waals surface area contributed by atoms with Gasteiger partial charge in [-0.25, -0.2) is 0 Å². The monoisotopic (exact) mass is 396 g/mol. The molecule has 0 aromatic heterocycles. The van der Waals surface area contributed by atoms with Crippen LogP contribution >= 0.6 is 11.8 Å². The number of hydrogen-bond acceptors (Lipinski definition) is 5. The Morgan fingerprint density at radius 1 is 1.11 bits per heavy atom. The van der Waals surface area contributed by atoms with Gasteiger partial charge in [0.15, 0.2) is 0 Å². The predicted octanol–water partition coefficient (Wildman–Crippen LogP) is 3.99. The summed E-state index contributed by atoms with van der Waals surface area (Å²) >= 11 is 0.827. The summed E-state index contributed by atoms with van der Waals surface area (Å²) in [6, 6.07) is 12.7. The van der Waals surface area contributed by atoms with E-state index in [1.807, 2.05) is 26.0 Å². The summed E-state index contributed by atoms with van der Waals surface area (Å²) in [7, 11) is 1.57. The van der Waals surface area contributed by atoms with Gasteiger partial charge in [-0.15, -0.1) is 0 Å². The molecule has 3 rings (SSSR count). The number of methoxy groups -OCH3 is 1. The van der Waals surface area contributed by atoms with Gasteiger partial charge in [0.25, 0.3) is 11.1 Å². The molecule has 0 aliphatic carbocycles. The van der Waals surface area contributed by atoms with E-state index in [0.717, 1.165) is 33.4 Å². The number of hydrogen-bond donors (Lipinski definition) is 1. The molecule has 1 aliphatic heterocycles. The third kappa shape index (κ3) is 4.43. The van der Waals surface area contributed by atoms with Crippen LogP contribution in [0.4, 0.5) is 10.5 Å². The molecule has 28 heavy (non-hydrogen) atoms. The van der Waals surface area contributed by atoms with Crippen molar-refractivity contribution in [1.82, 2.24) is 4.90 Å². The molecule has 1 aliphatic rings. The first kappa shape index (κ1) is 19.7. The highest BCUT2D eigenvalue weighted by Crippen LogP contribution is 2.32. The molecule has 0 bridgehead atoms. The molecule has 6 nitrogen and oxygen atoms in total. The molecule has 0 radical (unpaired) electrons. The van der Waals surface area contributed by atoms with Gasteiger partial charge in [0, 0.05) is 5.69 Å². The van der Waals surface area contributed by atoms with Crippen LogP contribution in [-0.4, -0.2) is 35.6 Å². The molecule has 1 fully saturated rings. The van der Waals surface area contributed by atoms with E-state index in [4.69, 9.17) is 4.74 Å². The summed E-state index contributed by atoms with van der Waals surface area (Å²) in [5, 5.41) is 2.27. The number of carbonyl (C=O) groups is 3. The largest absolute Gasteiger partial charge is 0.497 e. The number of carbonyl (C=O) groups excluding carboxylic acids is 3. The van der Waals surface area contributed by atoms with Crippen molar-refractivity contribution in [3.05, 3.63) is 64.1 Å². The number of imide groups is 1. The van der Waals surface area contributed by atoms with E-state index in [9.17, 15) is 14.4 Å². The van der Waals surface area contributed by atoms with Crippen LogP contribution in [0.3, 0.4) is 0 Å². The van der Waals surface area contributed by atoms with Crippen molar-refractivity contribution in [3.63, 3.8) is 0 Å². The Morgan fingerprint density at radius 2 is 1.82 bits per heavy atom. The van der Waals surface area contributed by atoms with Crippen LogP contribution in [0, 0.1) is 13.8 Å². The number of rotatable bonds is 5. The lowest BCUT2D eigenvalue weighted by atomic mass is 10.1. The maximum absolute atomic E-state index is 12.5. The maximum Gasteiger partial charge on any atom is 0.294 e. The summed E-state index contributed by atoms with van der Waals surface area (Å²) < 4.78 is 5.10. The topological polar surface area (TPSA) is 75.7 Å². The number of benzene rings is 2. The number of thioether (sulfide) groups is 1. The van der Waals surface area contributed by atoms with E-state index in [2.05, 4.69) is 5.32 Å². The molecule has 0 saturated carbocycles. The first-order valence-corrected chi connectivity index (χ1v) is 9.45. The number of amides is 3. The molecule has 3 amide bonds. The second kappa shape index (κ2) is 8.31. The van der Waals surface area contributed by atoms with Gasteiger partial charge in [-0.1, -0.05) is 18.2 Å². The van der Waals surface area contributed by atoms with Crippen LogP contribution in [0.25, 0.3) is 6.08 Å². The van der Waals surface area contributed by atoms with Crippen molar-refractivity contribution in [1.29, 1.82) is 0 Å². The normalized spacial score (nSPS) is 15.2. The molecule has 1 saturated heterocycles. The average molecular weight is 396 g/mol. The molecular weight excluding hydrogens is 376 g/mol. The standard InChI is InChI=1S/C21H20N2O4S/c1-13-4-7-16(10-14(13)2)22-19(24)12-23-20(25)18(28-21(23)26)11-15-5-8-17(27-3)9-6-15/h4-11H,12H2,1-3H3,(H,22,24)/b18-11-. The van der Waals surface area contributed by atoms with Crippen LogP contribution in [0.2, 0.25) is 0 Å². The van der Waals surface area contributed by atoms with Crippen LogP contribution in [-0.2, 0) is 9.59 Å². The smallest absolute Gasteiger partial charge is 0.294 e. The summed E-state index contributed by atoms with van der Waals surface area (Å²) in [4.78, 5) is 38.3. The fraction of sp³-hybridized carbons (Fsp3) is 0.190. The second-order valence-corrected chi connectivity index (χ2v) is 7.38. The van der Waals surface area contributed by atoms with Crippen molar-refractivity contribution in [2.24, 2.45) is 0 Å². The zero-order valence-corrected chi connectivity index (χ0v) is 16.6. The van der Waals surface area contributed by atoms with Crippen molar-refractivity contribution in [2.45, 2.75) is 13.8 Å². The minimum atomic E-state index is -0.471. The molecule has 7 heteroatoms. The quantitative estimate of drug-likeness (QED) is 0.774. The number of nitrogens with zero attached hydrogens (tertiary/aromatic N) is 1. The Labute approximate surface area is 167 Å². The zero-order valence-electron chi connectivity index (χ0n) is 15.8. The van der Waals surface area contributed by atoms with Crippen molar-refractivity contribution < 1.29 is 19.1 Å². The number of anilines is 1. The van der Waals surface area contributed by atoms with Gasteiger partial charge >= 0.3 is 0 Å². The van der Waals surface area contributed by atoms with Gasteiger partial charge in [0.2, 0.25) is 5.91 Å². The Balaban J connectivity index is 1.68. The molecular formula is C21H20N2O4S. The van der Waals surface area contributed by atoms with E-state index in [1.165, 1.54) is 0 Å². The molecule has 144 valence electrons. The third-order valence-electron chi connectivity index (χ3n) is 4.38. The molecule has 1 heterocycles. The van der Waals surface area contributed by atoms with Crippen molar-refractivity contribution in [3.8, 4) is 5.75 Å². The third-order valence-corrected chi connectivity index (χ3v) is 5.29. The van der Waals surface area contributed by atoms with E-state index < -0.39 is 17.1 Å². The van der Waals surface area contributed by atoms with Crippen LogP contribution < -0.4 is 10.1 Å². The number of nitrogens with one attached hydrogen (secondary N) is 1. The second-order valence-electron chi connectivity index (χ2n) is 6.39. The highest BCUT2D eigenvalue weighted by Gasteiger charge is 2.36. The minimum Gasteiger partial charge on any atom is -0.497 e. The van der Waals surface area contributed by atoms with Crippen LogP contribution in [0.15, 0.2) is 47.4 Å². The van der Waals surface area contributed by atoms with Crippen LogP contribution in [0.5, 0.6) is 5.75 Å². The summed E-state index contributed by atoms with van der Waals surface area (Å²) in [6.45, 7) is 3.61. The number of aryl methyl sites for hydroxylation is 2.